The van der Waals surface area contributed by atoms with E-state index in [0.717, 1.165) is 12.1 Å². The highest BCUT2D eigenvalue weighted by Crippen LogP contribution is 2.31. The van der Waals surface area contributed by atoms with E-state index in [1.807, 2.05) is 0 Å². The summed E-state index contributed by atoms with van der Waals surface area (Å²) in [5.74, 6) is -1.06. The summed E-state index contributed by atoms with van der Waals surface area (Å²) in [6, 6.07) is 1.59. The summed E-state index contributed by atoms with van der Waals surface area (Å²) in [7, 11) is 0. The van der Waals surface area contributed by atoms with Crippen LogP contribution in [0, 0.1) is 11.7 Å². The number of rotatable bonds is 6. The van der Waals surface area contributed by atoms with E-state index in [0.29, 0.717) is 6.07 Å². The molecule has 0 aliphatic rings. The lowest BCUT2D eigenvalue weighted by Crippen LogP contribution is -2.39. The van der Waals surface area contributed by atoms with Crippen molar-refractivity contribution < 1.29 is 22.7 Å². The summed E-state index contributed by atoms with van der Waals surface area (Å²) < 4.78 is 51.5. The first kappa shape index (κ1) is 17.9. The van der Waals surface area contributed by atoms with Crippen LogP contribution in [0.25, 0.3) is 0 Å². The summed E-state index contributed by atoms with van der Waals surface area (Å²) in [6.45, 7) is 3.52. The first-order valence-corrected chi connectivity index (χ1v) is 6.63. The van der Waals surface area contributed by atoms with E-state index in [9.17, 15) is 17.6 Å². The van der Waals surface area contributed by atoms with E-state index in [-0.39, 0.29) is 30.7 Å². The predicted octanol–water partition coefficient (Wildman–Crippen LogP) is 2.45. The van der Waals surface area contributed by atoms with Crippen molar-refractivity contribution in [3.63, 3.8) is 0 Å². The fourth-order valence-electron chi connectivity index (χ4n) is 1.92. The number of alkyl halides is 3. The molecular formula is C14H20F4N2O. The molecule has 0 fully saturated rings. The number of aliphatic hydroxyl groups excluding tert-OH is 1. The fourth-order valence-corrected chi connectivity index (χ4v) is 1.92. The Bertz CT molecular complexity index is 465. The average molecular weight is 308 g/mol. The third-order valence-electron chi connectivity index (χ3n) is 3.49. The lowest BCUT2D eigenvalue weighted by molar-refractivity contribution is -0.137. The molecule has 3 nitrogen and oxygen atoms in total. The van der Waals surface area contributed by atoms with Crippen LogP contribution in [0.1, 0.15) is 31.0 Å². The molecule has 21 heavy (non-hydrogen) atoms. The Kier molecular flexibility index (Phi) is 6.12. The molecule has 1 aromatic rings. The van der Waals surface area contributed by atoms with Crippen LogP contribution >= 0.6 is 0 Å². The molecule has 3 atom stereocenters. The van der Waals surface area contributed by atoms with Gasteiger partial charge in [0.25, 0.3) is 0 Å². The molecule has 4 N–H and O–H groups in total. The molecule has 0 saturated heterocycles. The largest absolute Gasteiger partial charge is 0.416 e. The number of aliphatic hydroxyl groups is 1. The first-order chi connectivity index (χ1) is 9.68. The van der Waals surface area contributed by atoms with Crippen molar-refractivity contribution in [1.29, 1.82) is 0 Å². The Labute approximate surface area is 121 Å². The van der Waals surface area contributed by atoms with Gasteiger partial charge in [0.05, 0.1) is 5.56 Å². The number of hydrogen-bond donors (Lipinski definition) is 3. The van der Waals surface area contributed by atoms with Crippen molar-refractivity contribution >= 4 is 0 Å². The Morgan fingerprint density at radius 2 is 1.86 bits per heavy atom. The Morgan fingerprint density at radius 1 is 1.24 bits per heavy atom. The molecule has 0 bridgehead atoms. The Balaban J connectivity index is 3.03. The third kappa shape index (κ3) is 4.94. The topological polar surface area (TPSA) is 58.3 Å². The van der Waals surface area contributed by atoms with Crippen LogP contribution in [0.2, 0.25) is 0 Å². The van der Waals surface area contributed by atoms with Gasteiger partial charge in [-0.25, -0.2) is 4.39 Å². The molecule has 0 heterocycles. The number of nitrogens with two attached hydrogens (primary N) is 1. The number of benzene rings is 1. The number of halogens is 4. The minimum atomic E-state index is -4.61. The second-order valence-electron chi connectivity index (χ2n) is 5.17. The van der Waals surface area contributed by atoms with Gasteiger partial charge in [-0.1, -0.05) is 6.92 Å². The van der Waals surface area contributed by atoms with Crippen LogP contribution in [-0.2, 0) is 6.18 Å². The second kappa shape index (κ2) is 7.20. The fraction of sp³-hybridized carbons (Fsp3) is 0.571. The van der Waals surface area contributed by atoms with E-state index < -0.39 is 23.6 Å². The molecule has 0 aliphatic heterocycles. The van der Waals surface area contributed by atoms with Gasteiger partial charge in [0.15, 0.2) is 0 Å². The lowest BCUT2D eigenvalue weighted by atomic mass is 9.99. The molecule has 0 aromatic heterocycles. The van der Waals surface area contributed by atoms with Crippen LogP contribution in [0.5, 0.6) is 0 Å². The highest BCUT2D eigenvalue weighted by atomic mass is 19.4. The number of hydrogen-bond acceptors (Lipinski definition) is 3. The zero-order valence-electron chi connectivity index (χ0n) is 11.9. The smallest absolute Gasteiger partial charge is 0.396 e. The van der Waals surface area contributed by atoms with E-state index in [1.165, 1.54) is 0 Å². The van der Waals surface area contributed by atoms with Gasteiger partial charge in [0, 0.05) is 25.2 Å². The maximum Gasteiger partial charge on any atom is 0.416 e. The minimum absolute atomic E-state index is 0.0171. The second-order valence-corrected chi connectivity index (χ2v) is 5.17. The van der Waals surface area contributed by atoms with Crippen molar-refractivity contribution in [2.24, 2.45) is 11.7 Å². The predicted molar refractivity (Wildman–Crippen MR) is 72.0 cm³/mol. The van der Waals surface area contributed by atoms with Crippen LogP contribution in [0.3, 0.4) is 0 Å². The lowest BCUT2D eigenvalue weighted by Gasteiger charge is -2.26. The van der Waals surface area contributed by atoms with E-state index in [1.54, 1.807) is 13.8 Å². The van der Waals surface area contributed by atoms with Gasteiger partial charge in [-0.15, -0.1) is 0 Å². The van der Waals surface area contributed by atoms with E-state index >= 15 is 0 Å². The molecule has 0 aliphatic carbocycles. The molecule has 1 aromatic carbocycles. The standard InChI is InChI=1S/C14H20F4N2O/c1-8(7-21)9(2)20-13(6-19)10-3-11(14(16,17)18)5-12(15)4-10/h3-5,8-9,13,20-21H,6-7,19H2,1-2H3. The van der Waals surface area contributed by atoms with Gasteiger partial charge in [0.2, 0.25) is 0 Å². The average Bonchev–Trinajstić information content (AvgIpc) is 2.41. The van der Waals surface area contributed by atoms with Crippen molar-refractivity contribution in [3.05, 3.63) is 35.1 Å². The summed E-state index contributed by atoms with van der Waals surface area (Å²) in [5.41, 5.74) is 4.67. The summed E-state index contributed by atoms with van der Waals surface area (Å²) in [5, 5.41) is 12.1. The highest BCUT2D eigenvalue weighted by Gasteiger charge is 2.32. The zero-order valence-corrected chi connectivity index (χ0v) is 11.9. The van der Waals surface area contributed by atoms with Crippen molar-refractivity contribution in [2.75, 3.05) is 13.2 Å². The highest BCUT2D eigenvalue weighted by molar-refractivity contribution is 5.29. The quantitative estimate of drug-likeness (QED) is 0.708. The van der Waals surface area contributed by atoms with E-state index in [4.69, 9.17) is 10.8 Å². The van der Waals surface area contributed by atoms with Gasteiger partial charge in [-0.2, -0.15) is 13.2 Å². The van der Waals surface area contributed by atoms with Crippen LogP contribution in [0.4, 0.5) is 17.6 Å². The molecular weight excluding hydrogens is 288 g/mol. The maximum atomic E-state index is 13.4. The van der Waals surface area contributed by atoms with Gasteiger partial charge in [0.1, 0.15) is 5.82 Å². The molecule has 3 unspecified atom stereocenters. The monoisotopic (exact) mass is 308 g/mol. The summed E-state index contributed by atoms with van der Waals surface area (Å²) >= 11 is 0. The molecule has 7 heteroatoms. The van der Waals surface area contributed by atoms with Crippen LogP contribution in [-0.4, -0.2) is 24.3 Å². The van der Waals surface area contributed by atoms with Crippen molar-refractivity contribution in [3.8, 4) is 0 Å². The Hall–Kier alpha value is -1.18. The SMILES string of the molecule is CC(CO)C(C)NC(CN)c1cc(F)cc(C(F)(F)F)c1. The molecule has 0 spiro atoms. The van der Waals surface area contributed by atoms with Crippen molar-refractivity contribution in [2.45, 2.75) is 32.1 Å². The van der Waals surface area contributed by atoms with Gasteiger partial charge in [-0.3, -0.25) is 0 Å². The molecule has 0 amide bonds. The first-order valence-electron chi connectivity index (χ1n) is 6.63. The summed E-state index contributed by atoms with van der Waals surface area (Å²) in [6.07, 6.45) is -4.61. The number of nitrogens with one attached hydrogen (secondary N) is 1. The molecule has 1 rings (SSSR count). The Morgan fingerprint density at radius 3 is 2.33 bits per heavy atom. The minimum Gasteiger partial charge on any atom is -0.396 e. The van der Waals surface area contributed by atoms with Crippen LogP contribution in [0.15, 0.2) is 18.2 Å². The third-order valence-corrected chi connectivity index (χ3v) is 3.49. The van der Waals surface area contributed by atoms with Crippen LogP contribution < -0.4 is 11.1 Å². The molecule has 0 radical (unpaired) electrons. The van der Waals surface area contributed by atoms with Gasteiger partial charge >= 0.3 is 6.18 Å². The summed E-state index contributed by atoms with van der Waals surface area (Å²) in [4.78, 5) is 0. The zero-order chi connectivity index (χ0) is 16.2. The molecule has 0 saturated carbocycles. The van der Waals surface area contributed by atoms with Gasteiger partial charge < -0.3 is 16.2 Å². The normalized spacial score (nSPS) is 16.6. The molecule has 120 valence electrons. The van der Waals surface area contributed by atoms with Crippen molar-refractivity contribution in [1.82, 2.24) is 5.32 Å². The van der Waals surface area contributed by atoms with E-state index in [2.05, 4.69) is 5.32 Å². The maximum absolute atomic E-state index is 13.4. The van der Waals surface area contributed by atoms with Gasteiger partial charge in [-0.05, 0) is 36.6 Å².